The topological polar surface area (TPSA) is 30.8 Å². The summed E-state index contributed by atoms with van der Waals surface area (Å²) >= 11 is 0. The number of hydrogen-bond acceptors (Lipinski definition) is 3. The van der Waals surface area contributed by atoms with Crippen LogP contribution in [0.15, 0.2) is 59.3 Å². The lowest BCUT2D eigenvalue weighted by molar-refractivity contribution is 0.413. The van der Waals surface area contributed by atoms with E-state index in [0.717, 1.165) is 22.7 Å². The molecule has 0 N–H and O–H groups in total. The first-order valence-corrected chi connectivity index (χ1v) is 5.75. The van der Waals surface area contributed by atoms with Crippen molar-refractivity contribution in [1.82, 2.24) is 0 Å². The van der Waals surface area contributed by atoms with Gasteiger partial charge in [-0.2, -0.15) is 0 Å². The van der Waals surface area contributed by atoms with Crippen molar-refractivity contribution in [3.05, 3.63) is 59.9 Å². The molecule has 0 unspecified atom stereocenters. The molecule has 2 aromatic carbocycles. The molecule has 0 amide bonds. The maximum Gasteiger partial charge on any atom is 0.263 e. The van der Waals surface area contributed by atoms with E-state index < -0.39 is 0 Å². The lowest BCUT2D eigenvalue weighted by Gasteiger charge is -2.23. The van der Waals surface area contributed by atoms with Crippen LogP contribution in [0.2, 0.25) is 0 Å². The largest absolute Gasteiger partial charge is 0.449 e. The number of nitrogens with zero attached hydrogens (tertiary/aromatic N) is 1. The average molecular weight is 235 g/mol. The van der Waals surface area contributed by atoms with Gasteiger partial charge in [0.25, 0.3) is 5.90 Å². The van der Waals surface area contributed by atoms with Crippen LogP contribution in [0.5, 0.6) is 11.5 Å². The van der Waals surface area contributed by atoms with Gasteiger partial charge in [0, 0.05) is 5.56 Å². The van der Waals surface area contributed by atoms with Gasteiger partial charge in [-0.25, -0.2) is 4.99 Å². The highest BCUT2D eigenvalue weighted by Gasteiger charge is 2.25. The standard InChI is InChI=1S/C15H9NO2/c1-3-7-12-10(5-1)9-14-15(18-12)16-11-6-2-4-8-13(11)17-14/h1-9H. The smallest absolute Gasteiger partial charge is 0.263 e. The van der Waals surface area contributed by atoms with Gasteiger partial charge >= 0.3 is 0 Å². The molecule has 0 bridgehead atoms. The zero-order valence-electron chi connectivity index (χ0n) is 9.46. The molecule has 3 nitrogen and oxygen atoms in total. The fourth-order valence-electron chi connectivity index (χ4n) is 2.06. The molecule has 4 rings (SSSR count). The van der Waals surface area contributed by atoms with Gasteiger partial charge < -0.3 is 9.47 Å². The van der Waals surface area contributed by atoms with E-state index in [9.17, 15) is 0 Å². The molecular formula is C15H9NO2. The van der Waals surface area contributed by atoms with Crippen molar-refractivity contribution in [3.63, 3.8) is 0 Å². The van der Waals surface area contributed by atoms with Crippen molar-refractivity contribution in [1.29, 1.82) is 0 Å². The van der Waals surface area contributed by atoms with Crippen molar-refractivity contribution < 1.29 is 9.47 Å². The van der Waals surface area contributed by atoms with Gasteiger partial charge in [0.05, 0.1) is 0 Å². The molecule has 0 radical (unpaired) electrons. The Bertz CT molecular complexity index is 640. The van der Waals surface area contributed by atoms with Crippen LogP contribution in [0.1, 0.15) is 5.56 Å². The molecule has 0 saturated carbocycles. The van der Waals surface area contributed by atoms with E-state index in [1.165, 1.54) is 0 Å². The third kappa shape index (κ3) is 1.34. The van der Waals surface area contributed by atoms with Gasteiger partial charge in [-0.15, -0.1) is 0 Å². The first kappa shape index (κ1) is 9.48. The maximum absolute atomic E-state index is 5.80. The number of ether oxygens (including phenoxy) is 2. The minimum atomic E-state index is 0.521. The number of rotatable bonds is 0. The molecule has 2 aromatic rings. The van der Waals surface area contributed by atoms with Crippen molar-refractivity contribution in [3.8, 4) is 11.5 Å². The molecule has 0 aromatic heterocycles. The summed E-state index contributed by atoms with van der Waals surface area (Å²) < 4.78 is 11.5. The summed E-state index contributed by atoms with van der Waals surface area (Å²) in [5.41, 5.74) is 1.80. The predicted octanol–water partition coefficient (Wildman–Crippen LogP) is 3.54. The fourth-order valence-corrected chi connectivity index (χ4v) is 2.06. The summed E-state index contributed by atoms with van der Waals surface area (Å²) in [5, 5.41) is 0. The van der Waals surface area contributed by atoms with Crippen molar-refractivity contribution in [2.24, 2.45) is 4.99 Å². The number of benzene rings is 2. The normalized spacial score (nSPS) is 15.1. The van der Waals surface area contributed by atoms with Crippen molar-refractivity contribution >= 4 is 17.7 Å². The number of fused-ring (bicyclic) bond motifs is 3. The van der Waals surface area contributed by atoms with E-state index in [4.69, 9.17) is 9.47 Å². The summed E-state index contributed by atoms with van der Waals surface area (Å²) in [5.74, 6) is 2.75. The monoisotopic (exact) mass is 235 g/mol. The summed E-state index contributed by atoms with van der Waals surface area (Å²) in [7, 11) is 0. The van der Waals surface area contributed by atoms with Crippen LogP contribution in [-0.2, 0) is 0 Å². The molecule has 2 aliphatic heterocycles. The van der Waals surface area contributed by atoms with Crippen LogP contribution in [0, 0.1) is 0 Å². The first-order chi connectivity index (χ1) is 8.90. The molecule has 18 heavy (non-hydrogen) atoms. The molecule has 0 atom stereocenters. The quantitative estimate of drug-likeness (QED) is 0.699. The first-order valence-electron chi connectivity index (χ1n) is 5.75. The minimum Gasteiger partial charge on any atom is -0.449 e. The Morgan fingerprint density at radius 3 is 2.50 bits per heavy atom. The summed E-state index contributed by atoms with van der Waals surface area (Å²) in [4.78, 5) is 4.47. The average Bonchev–Trinajstić information content (AvgIpc) is 2.42. The Morgan fingerprint density at radius 1 is 0.778 bits per heavy atom. The highest BCUT2D eigenvalue weighted by molar-refractivity contribution is 6.03. The number of para-hydroxylation sites is 3. The number of aliphatic imine (C=N–C) groups is 1. The molecule has 0 aliphatic carbocycles. The van der Waals surface area contributed by atoms with Crippen LogP contribution in [0.25, 0.3) is 6.08 Å². The second-order valence-electron chi connectivity index (χ2n) is 4.14. The number of hydrogen-bond donors (Lipinski definition) is 0. The van der Waals surface area contributed by atoms with E-state index >= 15 is 0 Å². The van der Waals surface area contributed by atoms with Gasteiger partial charge in [-0.3, -0.25) is 0 Å². The molecule has 86 valence electrons. The Kier molecular flexibility index (Phi) is 1.83. The Morgan fingerprint density at radius 2 is 1.56 bits per heavy atom. The summed E-state index contributed by atoms with van der Waals surface area (Å²) in [6.45, 7) is 0. The zero-order chi connectivity index (χ0) is 11.9. The highest BCUT2D eigenvalue weighted by Crippen LogP contribution is 2.37. The SMILES string of the molecule is C1=C2Oc3ccccc3N=C2Oc2ccccc21. The van der Waals surface area contributed by atoms with Crippen LogP contribution in [0.4, 0.5) is 5.69 Å². The Hall–Kier alpha value is -2.55. The van der Waals surface area contributed by atoms with Crippen molar-refractivity contribution in [2.75, 3.05) is 0 Å². The van der Waals surface area contributed by atoms with Crippen LogP contribution in [-0.4, -0.2) is 5.90 Å². The van der Waals surface area contributed by atoms with E-state index in [-0.39, 0.29) is 0 Å². The molecule has 2 heterocycles. The van der Waals surface area contributed by atoms with Gasteiger partial charge in [0.1, 0.15) is 11.4 Å². The lowest BCUT2D eigenvalue weighted by atomic mass is 10.1. The fraction of sp³-hybridized carbons (Fsp3) is 0. The molecule has 2 aliphatic rings. The van der Waals surface area contributed by atoms with Gasteiger partial charge in [0.15, 0.2) is 11.5 Å². The zero-order valence-corrected chi connectivity index (χ0v) is 9.46. The van der Waals surface area contributed by atoms with Crippen LogP contribution < -0.4 is 9.47 Å². The van der Waals surface area contributed by atoms with E-state index in [1.807, 2.05) is 54.6 Å². The molecule has 0 spiro atoms. The third-order valence-electron chi connectivity index (χ3n) is 2.93. The third-order valence-corrected chi connectivity index (χ3v) is 2.93. The second-order valence-corrected chi connectivity index (χ2v) is 4.14. The van der Waals surface area contributed by atoms with Crippen molar-refractivity contribution in [2.45, 2.75) is 0 Å². The Balaban J connectivity index is 1.88. The lowest BCUT2D eigenvalue weighted by Crippen LogP contribution is -2.22. The minimum absolute atomic E-state index is 0.521. The predicted molar refractivity (Wildman–Crippen MR) is 69.2 cm³/mol. The molecular weight excluding hydrogens is 226 g/mol. The Labute approximate surface area is 104 Å². The maximum atomic E-state index is 5.80. The second kappa shape index (κ2) is 3.47. The summed E-state index contributed by atoms with van der Waals surface area (Å²) in [6.07, 6.45) is 1.95. The van der Waals surface area contributed by atoms with E-state index in [2.05, 4.69) is 4.99 Å². The molecule has 0 fully saturated rings. The van der Waals surface area contributed by atoms with Crippen LogP contribution in [0.3, 0.4) is 0 Å². The van der Waals surface area contributed by atoms with Gasteiger partial charge in [-0.1, -0.05) is 30.3 Å². The molecule has 3 heteroatoms. The van der Waals surface area contributed by atoms with Gasteiger partial charge in [-0.05, 0) is 24.3 Å². The van der Waals surface area contributed by atoms with Gasteiger partial charge in [0.2, 0.25) is 0 Å². The van der Waals surface area contributed by atoms with Crippen LogP contribution >= 0.6 is 0 Å². The molecule has 0 saturated heterocycles. The van der Waals surface area contributed by atoms with E-state index in [1.54, 1.807) is 0 Å². The van der Waals surface area contributed by atoms with E-state index in [0.29, 0.717) is 11.7 Å². The highest BCUT2D eigenvalue weighted by atomic mass is 16.5. The summed E-state index contributed by atoms with van der Waals surface area (Å²) in [6, 6.07) is 15.5.